The van der Waals surface area contributed by atoms with Crippen molar-refractivity contribution in [3.63, 3.8) is 0 Å². The third-order valence-electron chi connectivity index (χ3n) is 6.03. The molecule has 3 atom stereocenters. The van der Waals surface area contributed by atoms with Crippen LogP contribution >= 0.6 is 0 Å². The molecule has 8 nitrogen and oxygen atoms in total. The van der Waals surface area contributed by atoms with Gasteiger partial charge in [0.1, 0.15) is 0 Å². The van der Waals surface area contributed by atoms with Crippen molar-refractivity contribution >= 4 is 11.9 Å². The van der Waals surface area contributed by atoms with Gasteiger partial charge in [0.05, 0.1) is 49.3 Å². The topological polar surface area (TPSA) is 95.6 Å². The first-order valence-corrected chi connectivity index (χ1v) is 11.9. The van der Waals surface area contributed by atoms with E-state index >= 15 is 0 Å². The number of hydrogen-bond acceptors (Lipinski definition) is 7. The van der Waals surface area contributed by atoms with Crippen molar-refractivity contribution in [1.29, 1.82) is 0 Å². The lowest BCUT2D eigenvalue weighted by atomic mass is 9.85. The highest BCUT2D eigenvalue weighted by Gasteiger charge is 2.53. The van der Waals surface area contributed by atoms with Gasteiger partial charge in [0.2, 0.25) is 5.91 Å². The lowest BCUT2D eigenvalue weighted by Gasteiger charge is -2.38. The van der Waals surface area contributed by atoms with Crippen LogP contribution in [0, 0.1) is 0 Å². The van der Waals surface area contributed by atoms with E-state index < -0.39 is 0 Å². The van der Waals surface area contributed by atoms with Gasteiger partial charge in [-0.05, 0) is 34.1 Å². The number of allylic oxidation sites excluding steroid dienone is 2. The maximum Gasteiger partial charge on any atom is 0.302 e. The van der Waals surface area contributed by atoms with E-state index in [2.05, 4.69) is 44.3 Å². The normalized spacial score (nSPS) is 32.5. The molecular formula is C25H39NO7. The first kappa shape index (κ1) is 25.9. The second-order valence-corrected chi connectivity index (χ2v) is 10.1. The van der Waals surface area contributed by atoms with E-state index in [1.54, 1.807) is 6.92 Å². The zero-order valence-electron chi connectivity index (χ0n) is 20.6. The molecule has 0 bridgehead atoms. The second kappa shape index (κ2) is 11.1. The van der Waals surface area contributed by atoms with E-state index in [0.29, 0.717) is 26.1 Å². The Balaban J connectivity index is 1.33. The molecule has 3 rings (SSSR count). The van der Waals surface area contributed by atoms with E-state index in [1.807, 2.05) is 0 Å². The zero-order valence-corrected chi connectivity index (χ0v) is 20.6. The van der Waals surface area contributed by atoms with E-state index in [0.717, 1.165) is 25.0 Å². The van der Waals surface area contributed by atoms with Gasteiger partial charge < -0.3 is 29.0 Å². The van der Waals surface area contributed by atoms with Crippen LogP contribution in [0.5, 0.6) is 0 Å². The molecule has 8 heteroatoms. The molecule has 3 saturated heterocycles. The van der Waals surface area contributed by atoms with Crippen molar-refractivity contribution in [3.8, 4) is 0 Å². The van der Waals surface area contributed by atoms with E-state index in [9.17, 15) is 9.59 Å². The van der Waals surface area contributed by atoms with Crippen LogP contribution in [0.15, 0.2) is 23.8 Å². The molecule has 0 radical (unpaired) electrons. The second-order valence-electron chi connectivity index (χ2n) is 10.1. The molecule has 3 fully saturated rings. The third kappa shape index (κ3) is 8.85. The number of amides is 1. The van der Waals surface area contributed by atoms with Crippen LogP contribution in [0.2, 0.25) is 0 Å². The van der Waals surface area contributed by atoms with E-state index in [-0.39, 0.29) is 54.0 Å². The van der Waals surface area contributed by atoms with Gasteiger partial charge in [-0.2, -0.15) is 0 Å². The molecular weight excluding hydrogens is 426 g/mol. The Bertz CT molecular complexity index is 742. The number of carbonyl (C=O) groups excluding carboxylic acids is 2. The standard InChI is InChI=1S/C25H39NO7/c1-17(6-9-21-12-25(16-31-25)15-24(4,5)33-21)7-11-23-29-13-20(14-30-23)26-22(28)10-8-18(2)32-19(3)27/h6-7,9,18,20-21,23H,8,10-16H2,1-5H3,(H,26,28)/b9-6+,17-7+/t18-,20-,21+,23+,25+/m0/s1. The summed E-state index contributed by atoms with van der Waals surface area (Å²) in [5, 5.41) is 2.91. The summed E-state index contributed by atoms with van der Waals surface area (Å²) in [5.41, 5.74) is 0.972. The predicted molar refractivity (Wildman–Crippen MR) is 122 cm³/mol. The summed E-state index contributed by atoms with van der Waals surface area (Å²) < 4.78 is 28.4. The largest absolute Gasteiger partial charge is 0.463 e. The van der Waals surface area contributed by atoms with Gasteiger partial charge in [0.25, 0.3) is 0 Å². The van der Waals surface area contributed by atoms with Crippen LogP contribution in [0.3, 0.4) is 0 Å². The van der Waals surface area contributed by atoms with Crippen molar-refractivity contribution in [1.82, 2.24) is 5.32 Å². The molecule has 1 amide bonds. The fraction of sp³-hybridized carbons (Fsp3) is 0.760. The van der Waals surface area contributed by atoms with E-state index in [4.69, 9.17) is 23.7 Å². The quantitative estimate of drug-likeness (QED) is 0.317. The SMILES string of the molecule is CC(=O)O[C@@H](C)CCC(=O)N[C@H]1CO[C@@H](C/C=C(C)/C=C/[C@@H]2C[C@]3(CO3)CC(C)(C)O2)OC1. The number of epoxide rings is 1. The van der Waals surface area contributed by atoms with Crippen LogP contribution in [-0.4, -0.2) is 67.4 Å². The summed E-state index contributed by atoms with van der Waals surface area (Å²) >= 11 is 0. The van der Waals surface area contributed by atoms with Crippen LogP contribution in [0.4, 0.5) is 0 Å². The van der Waals surface area contributed by atoms with Crippen molar-refractivity contribution in [2.24, 2.45) is 0 Å². The Morgan fingerprint density at radius 3 is 2.55 bits per heavy atom. The molecule has 0 aromatic rings. The molecule has 33 heavy (non-hydrogen) atoms. The van der Waals surface area contributed by atoms with E-state index in [1.165, 1.54) is 6.92 Å². The minimum Gasteiger partial charge on any atom is -0.463 e. The van der Waals surface area contributed by atoms with Crippen LogP contribution in [0.1, 0.15) is 66.7 Å². The average molecular weight is 466 g/mol. The Morgan fingerprint density at radius 1 is 1.21 bits per heavy atom. The zero-order chi connectivity index (χ0) is 24.1. The first-order valence-electron chi connectivity index (χ1n) is 11.9. The Kier molecular flexibility index (Phi) is 8.72. The number of hydrogen-bond donors (Lipinski definition) is 1. The molecule has 0 unspecified atom stereocenters. The molecule has 1 N–H and O–H groups in total. The molecule has 0 aromatic carbocycles. The number of nitrogens with one attached hydrogen (secondary N) is 1. The molecule has 0 aliphatic carbocycles. The number of ether oxygens (including phenoxy) is 5. The van der Waals surface area contributed by atoms with Crippen LogP contribution in [-0.2, 0) is 33.3 Å². The molecule has 3 heterocycles. The van der Waals surface area contributed by atoms with Gasteiger partial charge in [0, 0.05) is 32.6 Å². The summed E-state index contributed by atoms with van der Waals surface area (Å²) in [4.78, 5) is 23.0. The number of rotatable bonds is 9. The molecule has 186 valence electrons. The van der Waals surface area contributed by atoms with Crippen molar-refractivity contribution in [2.45, 2.75) is 102 Å². The minimum atomic E-state index is -0.338. The lowest BCUT2D eigenvalue weighted by Crippen LogP contribution is -2.47. The molecule has 3 aliphatic heterocycles. The van der Waals surface area contributed by atoms with Gasteiger partial charge >= 0.3 is 5.97 Å². The lowest BCUT2D eigenvalue weighted by molar-refractivity contribution is -0.188. The monoisotopic (exact) mass is 465 g/mol. The molecule has 0 aromatic heterocycles. The highest BCUT2D eigenvalue weighted by atomic mass is 16.7. The van der Waals surface area contributed by atoms with Gasteiger partial charge in [0.15, 0.2) is 6.29 Å². The number of esters is 1. The van der Waals surface area contributed by atoms with Crippen LogP contribution < -0.4 is 5.32 Å². The summed E-state index contributed by atoms with van der Waals surface area (Å²) in [6, 6.07) is -0.175. The Labute approximate surface area is 197 Å². The Hall–Kier alpha value is -1.74. The molecule has 1 spiro atoms. The minimum absolute atomic E-state index is 0.0185. The van der Waals surface area contributed by atoms with Crippen LogP contribution in [0.25, 0.3) is 0 Å². The van der Waals surface area contributed by atoms with Crippen molar-refractivity contribution in [3.05, 3.63) is 23.8 Å². The highest BCUT2D eigenvalue weighted by Crippen LogP contribution is 2.46. The van der Waals surface area contributed by atoms with Gasteiger partial charge in [-0.25, -0.2) is 0 Å². The summed E-state index contributed by atoms with van der Waals surface area (Å²) in [5.74, 6) is -0.438. The van der Waals surface area contributed by atoms with Gasteiger partial charge in [-0.1, -0.05) is 23.8 Å². The fourth-order valence-corrected chi connectivity index (χ4v) is 4.49. The first-order chi connectivity index (χ1) is 15.5. The third-order valence-corrected chi connectivity index (χ3v) is 6.03. The molecule has 0 saturated carbocycles. The maximum absolute atomic E-state index is 12.1. The number of carbonyl (C=O) groups is 2. The maximum atomic E-state index is 12.1. The van der Waals surface area contributed by atoms with Gasteiger partial charge in [-0.15, -0.1) is 0 Å². The highest BCUT2D eigenvalue weighted by molar-refractivity contribution is 5.76. The summed E-state index contributed by atoms with van der Waals surface area (Å²) in [6.45, 7) is 11.1. The summed E-state index contributed by atoms with van der Waals surface area (Å²) in [6.07, 6.45) is 9.03. The smallest absolute Gasteiger partial charge is 0.302 e. The van der Waals surface area contributed by atoms with Crippen molar-refractivity contribution < 1.29 is 33.3 Å². The Morgan fingerprint density at radius 2 is 1.91 bits per heavy atom. The van der Waals surface area contributed by atoms with Crippen molar-refractivity contribution in [2.75, 3.05) is 19.8 Å². The fourth-order valence-electron chi connectivity index (χ4n) is 4.49. The predicted octanol–water partition coefficient (Wildman–Crippen LogP) is 3.20. The molecule has 3 aliphatic rings. The summed E-state index contributed by atoms with van der Waals surface area (Å²) in [7, 11) is 0. The average Bonchev–Trinajstić information content (AvgIpc) is 3.46. The van der Waals surface area contributed by atoms with Gasteiger partial charge in [-0.3, -0.25) is 9.59 Å².